The van der Waals surface area contributed by atoms with Crippen molar-refractivity contribution in [1.29, 1.82) is 0 Å². The number of rotatable bonds is 5. The van der Waals surface area contributed by atoms with E-state index in [4.69, 9.17) is 5.11 Å². The van der Waals surface area contributed by atoms with Crippen molar-refractivity contribution >= 4 is 19.9 Å². The number of carboxylic acid groups (broad SMARTS) is 1. The SMILES string of the molecule is O=C(O)CCCPc1ccccc1. The molecule has 1 atom stereocenters. The van der Waals surface area contributed by atoms with E-state index in [1.165, 1.54) is 5.30 Å². The third kappa shape index (κ3) is 4.64. The second-order valence-corrected chi connectivity index (χ2v) is 4.22. The lowest BCUT2D eigenvalue weighted by Crippen LogP contribution is -1.97. The Kier molecular flexibility index (Phi) is 4.48. The number of hydrogen-bond acceptors (Lipinski definition) is 1. The van der Waals surface area contributed by atoms with Gasteiger partial charge in [0.15, 0.2) is 0 Å². The van der Waals surface area contributed by atoms with Gasteiger partial charge in [-0.3, -0.25) is 4.79 Å². The van der Waals surface area contributed by atoms with Gasteiger partial charge in [-0.15, -0.1) is 0 Å². The maximum atomic E-state index is 10.2. The Hall–Kier alpha value is -0.880. The Bertz CT molecular complexity index is 259. The molecule has 3 heteroatoms. The van der Waals surface area contributed by atoms with Crippen LogP contribution in [0.5, 0.6) is 0 Å². The normalized spacial score (nSPS) is 10.8. The molecule has 0 saturated carbocycles. The molecule has 1 unspecified atom stereocenters. The number of carbonyl (C=O) groups is 1. The Morgan fingerprint density at radius 1 is 1.31 bits per heavy atom. The lowest BCUT2D eigenvalue weighted by atomic mass is 10.3. The van der Waals surface area contributed by atoms with Crippen molar-refractivity contribution < 1.29 is 9.90 Å². The van der Waals surface area contributed by atoms with Crippen LogP contribution in [0, 0.1) is 0 Å². The quantitative estimate of drug-likeness (QED) is 0.576. The van der Waals surface area contributed by atoms with Crippen LogP contribution in [0.2, 0.25) is 0 Å². The largest absolute Gasteiger partial charge is 0.481 e. The van der Waals surface area contributed by atoms with Crippen molar-refractivity contribution in [3.8, 4) is 0 Å². The van der Waals surface area contributed by atoms with Gasteiger partial charge in [0, 0.05) is 6.42 Å². The highest BCUT2D eigenvalue weighted by molar-refractivity contribution is 7.47. The maximum Gasteiger partial charge on any atom is 0.303 e. The average Bonchev–Trinajstić information content (AvgIpc) is 2.14. The summed E-state index contributed by atoms with van der Waals surface area (Å²) >= 11 is 0. The summed E-state index contributed by atoms with van der Waals surface area (Å²) in [5.41, 5.74) is 0. The van der Waals surface area contributed by atoms with E-state index in [9.17, 15) is 4.79 Å². The number of aliphatic carboxylic acids is 1. The molecule has 2 nitrogen and oxygen atoms in total. The molecule has 70 valence electrons. The Morgan fingerprint density at radius 3 is 2.62 bits per heavy atom. The minimum Gasteiger partial charge on any atom is -0.481 e. The van der Waals surface area contributed by atoms with Crippen molar-refractivity contribution in [2.24, 2.45) is 0 Å². The van der Waals surface area contributed by atoms with Gasteiger partial charge in [-0.1, -0.05) is 38.9 Å². The first-order valence-electron chi connectivity index (χ1n) is 4.30. The van der Waals surface area contributed by atoms with Gasteiger partial charge in [0.25, 0.3) is 0 Å². The zero-order valence-electron chi connectivity index (χ0n) is 7.36. The van der Waals surface area contributed by atoms with Gasteiger partial charge in [-0.2, -0.15) is 0 Å². The third-order valence-electron chi connectivity index (χ3n) is 1.67. The minimum absolute atomic E-state index is 0.292. The predicted octanol–water partition coefficient (Wildman–Crippen LogP) is 1.86. The first-order chi connectivity index (χ1) is 6.29. The highest BCUT2D eigenvalue weighted by atomic mass is 31.1. The van der Waals surface area contributed by atoms with Gasteiger partial charge in [0.2, 0.25) is 0 Å². The zero-order valence-corrected chi connectivity index (χ0v) is 8.36. The molecule has 0 saturated heterocycles. The van der Waals surface area contributed by atoms with Crippen LogP contribution in [0.4, 0.5) is 0 Å². The van der Waals surface area contributed by atoms with Crippen LogP contribution in [-0.2, 0) is 4.79 Å². The second-order valence-electron chi connectivity index (χ2n) is 2.79. The van der Waals surface area contributed by atoms with Crippen LogP contribution < -0.4 is 5.30 Å². The van der Waals surface area contributed by atoms with Crippen LogP contribution in [0.25, 0.3) is 0 Å². The molecule has 0 heterocycles. The molecule has 0 aliphatic carbocycles. The van der Waals surface area contributed by atoms with E-state index in [0.29, 0.717) is 6.42 Å². The zero-order chi connectivity index (χ0) is 9.52. The van der Waals surface area contributed by atoms with Crippen molar-refractivity contribution in [3.63, 3.8) is 0 Å². The summed E-state index contributed by atoms with van der Waals surface area (Å²) in [5, 5.41) is 9.73. The summed E-state index contributed by atoms with van der Waals surface area (Å²) in [6, 6.07) is 10.2. The number of benzene rings is 1. The van der Waals surface area contributed by atoms with E-state index in [2.05, 4.69) is 12.1 Å². The van der Waals surface area contributed by atoms with Gasteiger partial charge >= 0.3 is 5.97 Å². The third-order valence-corrected chi connectivity index (χ3v) is 3.02. The molecule has 13 heavy (non-hydrogen) atoms. The lowest BCUT2D eigenvalue weighted by molar-refractivity contribution is -0.137. The fraction of sp³-hybridized carbons (Fsp3) is 0.300. The molecule has 0 fully saturated rings. The van der Waals surface area contributed by atoms with Crippen LogP contribution in [0.1, 0.15) is 12.8 Å². The second kappa shape index (κ2) is 5.71. The average molecular weight is 196 g/mol. The molecule has 1 rings (SSSR count). The Morgan fingerprint density at radius 2 is 2.00 bits per heavy atom. The topological polar surface area (TPSA) is 37.3 Å². The summed E-state index contributed by atoms with van der Waals surface area (Å²) in [6.45, 7) is 0. The highest BCUT2D eigenvalue weighted by Gasteiger charge is 1.96. The summed E-state index contributed by atoms with van der Waals surface area (Å²) < 4.78 is 0. The molecule has 0 bridgehead atoms. The van der Waals surface area contributed by atoms with Gasteiger partial charge in [-0.25, -0.2) is 0 Å². The Balaban J connectivity index is 2.17. The van der Waals surface area contributed by atoms with Crippen LogP contribution in [-0.4, -0.2) is 17.2 Å². The van der Waals surface area contributed by atoms with E-state index >= 15 is 0 Å². The van der Waals surface area contributed by atoms with E-state index < -0.39 is 5.97 Å². The summed E-state index contributed by atoms with van der Waals surface area (Å²) in [4.78, 5) is 10.2. The minimum atomic E-state index is -0.696. The molecule has 0 spiro atoms. The monoisotopic (exact) mass is 196 g/mol. The van der Waals surface area contributed by atoms with Gasteiger partial charge in [0.1, 0.15) is 0 Å². The molecule has 1 N–H and O–H groups in total. The molecule has 0 radical (unpaired) electrons. The van der Waals surface area contributed by atoms with Gasteiger partial charge < -0.3 is 5.11 Å². The summed E-state index contributed by atoms with van der Waals surface area (Å²) in [5.74, 6) is -0.696. The number of hydrogen-bond donors (Lipinski definition) is 1. The van der Waals surface area contributed by atoms with Crippen LogP contribution in [0.3, 0.4) is 0 Å². The van der Waals surface area contributed by atoms with Crippen molar-refractivity contribution in [2.45, 2.75) is 12.8 Å². The molecule has 0 aliphatic rings. The van der Waals surface area contributed by atoms with E-state index in [1.54, 1.807) is 0 Å². The van der Waals surface area contributed by atoms with Crippen molar-refractivity contribution in [1.82, 2.24) is 0 Å². The van der Waals surface area contributed by atoms with Crippen LogP contribution >= 0.6 is 8.58 Å². The van der Waals surface area contributed by atoms with E-state index in [-0.39, 0.29) is 0 Å². The Labute approximate surface area is 79.8 Å². The fourth-order valence-corrected chi connectivity index (χ4v) is 2.10. The maximum absolute atomic E-state index is 10.2. The first-order valence-corrected chi connectivity index (χ1v) is 5.50. The standard InChI is InChI=1S/C10H13O2P/c11-10(12)7-4-8-13-9-5-2-1-3-6-9/h1-3,5-6,13H,4,7-8H2,(H,11,12). The molecule has 0 amide bonds. The molecular weight excluding hydrogens is 183 g/mol. The van der Waals surface area contributed by atoms with E-state index in [0.717, 1.165) is 21.2 Å². The molecule has 0 aromatic heterocycles. The molecule has 1 aromatic rings. The fourth-order valence-electron chi connectivity index (χ4n) is 1.03. The van der Waals surface area contributed by atoms with Gasteiger partial charge in [-0.05, 0) is 17.9 Å². The van der Waals surface area contributed by atoms with Crippen LogP contribution in [0.15, 0.2) is 30.3 Å². The smallest absolute Gasteiger partial charge is 0.303 e. The first kappa shape index (κ1) is 10.2. The summed E-state index contributed by atoms with van der Waals surface area (Å²) in [7, 11) is 0.741. The molecule has 1 aromatic carbocycles. The highest BCUT2D eigenvalue weighted by Crippen LogP contribution is 2.11. The lowest BCUT2D eigenvalue weighted by Gasteiger charge is -1.99. The van der Waals surface area contributed by atoms with Gasteiger partial charge in [0.05, 0.1) is 0 Å². The molecular formula is C10H13O2P. The predicted molar refractivity (Wildman–Crippen MR) is 56.1 cm³/mol. The van der Waals surface area contributed by atoms with Crippen molar-refractivity contribution in [2.75, 3.05) is 6.16 Å². The number of carboxylic acids is 1. The van der Waals surface area contributed by atoms with Crippen molar-refractivity contribution in [3.05, 3.63) is 30.3 Å². The molecule has 0 aliphatic heterocycles. The van der Waals surface area contributed by atoms with E-state index in [1.807, 2.05) is 18.2 Å². The summed E-state index contributed by atoms with van der Waals surface area (Å²) in [6.07, 6.45) is 2.05.